The minimum Gasteiger partial charge on any atom is -0.468 e. The van der Waals surface area contributed by atoms with E-state index in [0.29, 0.717) is 18.9 Å². The zero-order chi connectivity index (χ0) is 16.9. The standard InChI is InChI=1S/C18H25N3O2S/c1-13(2)18-20-14(12-24-18)10-17(22)19-11-15(16-6-5-9-23-16)21-7-3-4-8-21/h5-6,9,12-13,15H,3-4,7-8,10-11H2,1-2H3,(H,19,22). The molecule has 0 spiro atoms. The number of nitrogens with one attached hydrogen (secondary N) is 1. The highest BCUT2D eigenvalue weighted by Gasteiger charge is 2.26. The predicted molar refractivity (Wildman–Crippen MR) is 95.2 cm³/mol. The molecule has 0 bridgehead atoms. The summed E-state index contributed by atoms with van der Waals surface area (Å²) < 4.78 is 5.58. The van der Waals surface area contributed by atoms with E-state index in [-0.39, 0.29) is 11.9 Å². The van der Waals surface area contributed by atoms with Crippen molar-refractivity contribution in [3.63, 3.8) is 0 Å². The Balaban J connectivity index is 1.56. The van der Waals surface area contributed by atoms with Crippen molar-refractivity contribution in [2.45, 2.75) is 45.1 Å². The van der Waals surface area contributed by atoms with Crippen LogP contribution in [0.15, 0.2) is 28.2 Å². The van der Waals surface area contributed by atoms with Gasteiger partial charge >= 0.3 is 0 Å². The molecule has 2 aromatic rings. The van der Waals surface area contributed by atoms with Gasteiger partial charge < -0.3 is 9.73 Å². The van der Waals surface area contributed by atoms with Crippen LogP contribution in [0.3, 0.4) is 0 Å². The molecule has 1 amide bonds. The van der Waals surface area contributed by atoms with Crippen LogP contribution >= 0.6 is 11.3 Å². The van der Waals surface area contributed by atoms with Crippen LogP contribution in [-0.4, -0.2) is 35.4 Å². The molecule has 1 atom stereocenters. The van der Waals surface area contributed by atoms with Gasteiger partial charge in [0.1, 0.15) is 5.76 Å². The monoisotopic (exact) mass is 347 g/mol. The van der Waals surface area contributed by atoms with E-state index in [9.17, 15) is 4.79 Å². The number of aromatic nitrogens is 1. The third-order valence-corrected chi connectivity index (χ3v) is 5.54. The Morgan fingerprint density at radius 3 is 2.83 bits per heavy atom. The average molecular weight is 347 g/mol. The quantitative estimate of drug-likeness (QED) is 0.834. The number of thiazole rings is 1. The number of hydrogen-bond acceptors (Lipinski definition) is 5. The van der Waals surface area contributed by atoms with E-state index < -0.39 is 0 Å². The van der Waals surface area contributed by atoms with Crippen molar-refractivity contribution in [1.82, 2.24) is 15.2 Å². The van der Waals surface area contributed by atoms with Gasteiger partial charge in [0.25, 0.3) is 0 Å². The number of carbonyl (C=O) groups is 1. The highest BCUT2D eigenvalue weighted by molar-refractivity contribution is 7.09. The molecule has 1 unspecified atom stereocenters. The molecule has 3 heterocycles. The van der Waals surface area contributed by atoms with Crippen LogP contribution in [0.1, 0.15) is 55.1 Å². The van der Waals surface area contributed by atoms with Gasteiger partial charge in [-0.25, -0.2) is 4.98 Å². The second-order valence-corrected chi connectivity index (χ2v) is 7.48. The smallest absolute Gasteiger partial charge is 0.226 e. The molecule has 130 valence electrons. The van der Waals surface area contributed by atoms with E-state index in [2.05, 4.69) is 29.0 Å². The molecule has 1 saturated heterocycles. The van der Waals surface area contributed by atoms with Crippen LogP contribution in [0, 0.1) is 0 Å². The first-order valence-electron chi connectivity index (χ1n) is 8.62. The largest absolute Gasteiger partial charge is 0.468 e. The third-order valence-electron chi connectivity index (χ3n) is 4.35. The van der Waals surface area contributed by atoms with Crippen molar-refractivity contribution >= 4 is 17.2 Å². The van der Waals surface area contributed by atoms with Crippen LogP contribution in [0.5, 0.6) is 0 Å². The van der Waals surface area contributed by atoms with Crippen LogP contribution in [0.4, 0.5) is 0 Å². The topological polar surface area (TPSA) is 58.4 Å². The van der Waals surface area contributed by atoms with Crippen molar-refractivity contribution in [2.75, 3.05) is 19.6 Å². The molecule has 3 rings (SSSR count). The van der Waals surface area contributed by atoms with Crippen molar-refractivity contribution in [2.24, 2.45) is 0 Å². The lowest BCUT2D eigenvalue weighted by atomic mass is 10.2. The third kappa shape index (κ3) is 4.24. The lowest BCUT2D eigenvalue weighted by molar-refractivity contribution is -0.120. The van der Waals surface area contributed by atoms with Crippen molar-refractivity contribution in [1.29, 1.82) is 0 Å². The lowest BCUT2D eigenvalue weighted by Gasteiger charge is -2.25. The van der Waals surface area contributed by atoms with E-state index in [1.807, 2.05) is 17.5 Å². The molecule has 0 saturated carbocycles. The zero-order valence-electron chi connectivity index (χ0n) is 14.3. The molecule has 5 nitrogen and oxygen atoms in total. The first-order chi connectivity index (χ1) is 11.6. The average Bonchev–Trinajstić information content (AvgIpc) is 3.30. The molecule has 0 aliphatic carbocycles. The van der Waals surface area contributed by atoms with E-state index in [1.165, 1.54) is 12.8 Å². The SMILES string of the molecule is CC(C)c1nc(CC(=O)NCC(c2ccco2)N2CCCC2)cs1. The first kappa shape index (κ1) is 17.2. The van der Waals surface area contributed by atoms with Crippen molar-refractivity contribution in [3.8, 4) is 0 Å². The molecule has 2 aromatic heterocycles. The molecule has 0 aromatic carbocycles. The minimum atomic E-state index is 0.0198. The first-order valence-corrected chi connectivity index (χ1v) is 9.50. The van der Waals surface area contributed by atoms with Gasteiger partial charge in [-0.1, -0.05) is 13.8 Å². The zero-order valence-corrected chi connectivity index (χ0v) is 15.1. The molecule has 24 heavy (non-hydrogen) atoms. The summed E-state index contributed by atoms with van der Waals surface area (Å²) in [5.74, 6) is 1.35. The van der Waals surface area contributed by atoms with Gasteiger partial charge in [-0.05, 0) is 38.1 Å². The highest BCUT2D eigenvalue weighted by Crippen LogP contribution is 2.25. The predicted octanol–water partition coefficient (Wildman–Crippen LogP) is 3.36. The van der Waals surface area contributed by atoms with Gasteiger partial charge in [0.15, 0.2) is 0 Å². The Bertz CT molecular complexity index is 645. The summed E-state index contributed by atoms with van der Waals surface area (Å²) in [4.78, 5) is 19.2. The number of rotatable bonds is 7. The second-order valence-electron chi connectivity index (χ2n) is 6.59. The molecule has 1 aliphatic heterocycles. The Labute approximate surface area is 147 Å². The molecular formula is C18H25N3O2S. The maximum atomic E-state index is 12.3. The van der Waals surface area contributed by atoms with Crippen molar-refractivity contribution in [3.05, 3.63) is 40.2 Å². The summed E-state index contributed by atoms with van der Waals surface area (Å²) in [5, 5.41) is 6.13. The summed E-state index contributed by atoms with van der Waals surface area (Å²) in [6.45, 7) is 6.93. The van der Waals surface area contributed by atoms with Gasteiger partial charge in [0.2, 0.25) is 5.91 Å². The second kappa shape index (κ2) is 7.94. The van der Waals surface area contributed by atoms with E-state index in [4.69, 9.17) is 4.42 Å². The Morgan fingerprint density at radius 2 is 2.21 bits per heavy atom. The molecule has 1 fully saturated rings. The summed E-state index contributed by atoms with van der Waals surface area (Å²) >= 11 is 1.63. The van der Waals surface area contributed by atoms with Gasteiger partial charge in [0, 0.05) is 17.8 Å². The summed E-state index contributed by atoms with van der Waals surface area (Å²) in [7, 11) is 0. The number of furan rings is 1. The highest BCUT2D eigenvalue weighted by atomic mass is 32.1. The Hall–Kier alpha value is -1.66. The van der Waals surface area contributed by atoms with E-state index in [0.717, 1.165) is 29.6 Å². The van der Waals surface area contributed by atoms with Crippen LogP contribution in [0.2, 0.25) is 0 Å². The molecule has 1 aliphatic rings. The fraction of sp³-hybridized carbons (Fsp3) is 0.556. The lowest BCUT2D eigenvalue weighted by Crippen LogP contribution is -2.37. The maximum absolute atomic E-state index is 12.3. The van der Waals surface area contributed by atoms with Gasteiger partial charge in [-0.2, -0.15) is 0 Å². The van der Waals surface area contributed by atoms with Crippen molar-refractivity contribution < 1.29 is 9.21 Å². The number of likely N-dealkylation sites (tertiary alicyclic amines) is 1. The Kier molecular flexibility index (Phi) is 5.68. The van der Waals surface area contributed by atoms with E-state index >= 15 is 0 Å². The van der Waals surface area contributed by atoms with Gasteiger partial charge in [0.05, 0.1) is 29.4 Å². The molecule has 0 radical (unpaired) electrons. The minimum absolute atomic E-state index is 0.0198. The maximum Gasteiger partial charge on any atom is 0.226 e. The van der Waals surface area contributed by atoms with Crippen LogP contribution in [-0.2, 0) is 11.2 Å². The molecular weight excluding hydrogens is 322 g/mol. The molecule has 6 heteroatoms. The van der Waals surface area contributed by atoms with Gasteiger partial charge in [-0.3, -0.25) is 9.69 Å². The van der Waals surface area contributed by atoms with Crippen LogP contribution in [0.25, 0.3) is 0 Å². The number of carbonyl (C=O) groups excluding carboxylic acids is 1. The summed E-state index contributed by atoms with van der Waals surface area (Å²) in [5.41, 5.74) is 0.858. The number of amides is 1. The fourth-order valence-corrected chi connectivity index (χ4v) is 3.89. The fourth-order valence-electron chi connectivity index (χ4n) is 3.05. The number of nitrogens with zero attached hydrogens (tertiary/aromatic N) is 2. The van der Waals surface area contributed by atoms with Gasteiger partial charge in [-0.15, -0.1) is 11.3 Å². The number of hydrogen-bond donors (Lipinski definition) is 1. The normalized spacial score (nSPS) is 16.6. The summed E-state index contributed by atoms with van der Waals surface area (Å²) in [6.07, 6.45) is 4.46. The Morgan fingerprint density at radius 1 is 1.42 bits per heavy atom. The van der Waals surface area contributed by atoms with E-state index in [1.54, 1.807) is 17.6 Å². The molecule has 1 N–H and O–H groups in total. The van der Waals surface area contributed by atoms with Crippen LogP contribution < -0.4 is 5.32 Å². The summed E-state index contributed by atoms with van der Waals surface area (Å²) in [6, 6.07) is 4.01.